The summed E-state index contributed by atoms with van der Waals surface area (Å²) in [6.45, 7) is -2.91. The molecule has 0 unspecified atom stereocenters. The second-order valence-corrected chi connectivity index (χ2v) is 5.66. The van der Waals surface area contributed by atoms with Crippen LogP contribution in [0.3, 0.4) is 0 Å². The average Bonchev–Trinajstić information content (AvgIpc) is 3.16. The zero-order valence-corrected chi connectivity index (χ0v) is 15.0. The van der Waals surface area contributed by atoms with Crippen molar-refractivity contribution >= 4 is 17.6 Å². The Morgan fingerprint density at radius 3 is 2.55 bits per heavy atom. The molecule has 0 aliphatic heterocycles. The molecule has 2 rings (SSSR count). The maximum atomic E-state index is 12.8. The van der Waals surface area contributed by atoms with Crippen LogP contribution >= 0.6 is 0 Å². The van der Waals surface area contributed by atoms with Crippen LogP contribution in [0.15, 0.2) is 41.0 Å². The van der Waals surface area contributed by atoms with Crippen molar-refractivity contribution in [1.82, 2.24) is 4.90 Å². The molecule has 0 atom stereocenters. The number of nitro benzene ring substituents is 1. The summed E-state index contributed by atoms with van der Waals surface area (Å²) in [4.78, 5) is 34.5. The van der Waals surface area contributed by atoms with Crippen LogP contribution in [-0.4, -0.2) is 48.1 Å². The SMILES string of the molecule is COC(=O)c1ccc(OCC(=O)N(Cc2ccco2)CC(F)(F)F)c([N+](=O)[O-])c1. The van der Waals surface area contributed by atoms with Crippen LogP contribution in [0.2, 0.25) is 0 Å². The standard InChI is InChI=1S/C17H15F3N2O7/c1-27-16(24)11-4-5-14(13(7-11)22(25)26)29-9-15(23)21(10-17(18,19)20)8-12-3-2-6-28-12/h2-7H,8-10H2,1H3. The van der Waals surface area contributed by atoms with E-state index in [0.717, 1.165) is 25.3 Å². The van der Waals surface area contributed by atoms with Gasteiger partial charge in [0.2, 0.25) is 0 Å². The molecule has 1 aromatic carbocycles. The Kier molecular flexibility index (Phi) is 6.80. The fourth-order valence-corrected chi connectivity index (χ4v) is 2.30. The predicted molar refractivity (Wildman–Crippen MR) is 90.1 cm³/mol. The molecule has 1 aromatic heterocycles. The number of ether oxygens (including phenoxy) is 2. The monoisotopic (exact) mass is 416 g/mol. The Bertz CT molecular complexity index is 882. The van der Waals surface area contributed by atoms with Gasteiger partial charge in [-0.05, 0) is 24.3 Å². The maximum Gasteiger partial charge on any atom is 0.406 e. The van der Waals surface area contributed by atoms with Crippen molar-refractivity contribution in [3.8, 4) is 5.75 Å². The van der Waals surface area contributed by atoms with Crippen molar-refractivity contribution in [3.05, 3.63) is 58.0 Å². The molecule has 0 aliphatic carbocycles. The third kappa shape index (κ3) is 6.23. The number of hydrogen-bond acceptors (Lipinski definition) is 7. The van der Waals surface area contributed by atoms with Gasteiger partial charge in [-0.15, -0.1) is 0 Å². The highest BCUT2D eigenvalue weighted by molar-refractivity contribution is 5.90. The lowest BCUT2D eigenvalue weighted by molar-refractivity contribution is -0.385. The molecule has 0 saturated carbocycles. The van der Waals surface area contributed by atoms with E-state index in [1.54, 1.807) is 0 Å². The number of rotatable bonds is 8. The molecule has 2 aromatic rings. The van der Waals surface area contributed by atoms with Crippen LogP contribution in [-0.2, 0) is 16.1 Å². The summed E-state index contributed by atoms with van der Waals surface area (Å²) in [6.07, 6.45) is -3.43. The number of halogens is 3. The van der Waals surface area contributed by atoms with Crippen molar-refractivity contribution in [3.63, 3.8) is 0 Å². The molecule has 0 N–H and O–H groups in total. The van der Waals surface area contributed by atoms with E-state index in [2.05, 4.69) is 4.74 Å². The van der Waals surface area contributed by atoms with Crippen molar-refractivity contribution in [2.45, 2.75) is 12.7 Å². The van der Waals surface area contributed by atoms with Gasteiger partial charge in [-0.2, -0.15) is 13.2 Å². The molecule has 9 nitrogen and oxygen atoms in total. The van der Waals surface area contributed by atoms with Crippen molar-refractivity contribution < 1.29 is 41.6 Å². The van der Waals surface area contributed by atoms with Crippen LogP contribution in [0.1, 0.15) is 16.1 Å². The quantitative estimate of drug-likeness (QED) is 0.369. The fourth-order valence-electron chi connectivity index (χ4n) is 2.30. The third-order valence-corrected chi connectivity index (χ3v) is 3.58. The number of methoxy groups -OCH3 is 1. The number of nitro groups is 1. The molecular formula is C17H15F3N2O7. The molecule has 0 aliphatic rings. The molecular weight excluding hydrogens is 401 g/mol. The lowest BCUT2D eigenvalue weighted by Gasteiger charge is -2.23. The lowest BCUT2D eigenvalue weighted by atomic mass is 10.2. The number of benzene rings is 1. The molecule has 0 bridgehead atoms. The molecule has 0 saturated heterocycles. The number of carbonyl (C=O) groups is 2. The van der Waals surface area contributed by atoms with Crippen molar-refractivity contribution in [2.24, 2.45) is 0 Å². The second-order valence-electron chi connectivity index (χ2n) is 5.66. The summed E-state index contributed by atoms with van der Waals surface area (Å²) in [5.41, 5.74) is -0.775. The Morgan fingerprint density at radius 1 is 1.28 bits per heavy atom. The van der Waals surface area contributed by atoms with Crippen LogP contribution in [0.5, 0.6) is 5.75 Å². The minimum absolute atomic E-state index is 0.121. The molecule has 29 heavy (non-hydrogen) atoms. The minimum atomic E-state index is -4.67. The molecule has 156 valence electrons. The molecule has 0 fully saturated rings. The maximum absolute atomic E-state index is 12.8. The van der Waals surface area contributed by atoms with Gasteiger partial charge in [0.15, 0.2) is 12.4 Å². The average molecular weight is 416 g/mol. The molecule has 1 amide bonds. The first kappa shape index (κ1) is 21.7. The van der Waals surface area contributed by atoms with E-state index in [-0.39, 0.29) is 17.1 Å². The van der Waals surface area contributed by atoms with Gasteiger partial charge in [0.1, 0.15) is 12.3 Å². The second kappa shape index (κ2) is 9.08. The molecule has 0 radical (unpaired) electrons. The van der Waals surface area contributed by atoms with E-state index in [0.29, 0.717) is 4.90 Å². The van der Waals surface area contributed by atoms with Gasteiger partial charge in [0.25, 0.3) is 5.91 Å². The Hall–Kier alpha value is -3.57. The number of esters is 1. The largest absolute Gasteiger partial charge is 0.477 e. The van der Waals surface area contributed by atoms with Gasteiger partial charge < -0.3 is 18.8 Å². The fraction of sp³-hybridized carbons (Fsp3) is 0.294. The summed E-state index contributed by atoms with van der Waals surface area (Å²) in [7, 11) is 1.09. The summed E-state index contributed by atoms with van der Waals surface area (Å²) in [5, 5.41) is 11.2. The van der Waals surface area contributed by atoms with Crippen molar-refractivity contribution in [2.75, 3.05) is 20.3 Å². The molecule has 1 heterocycles. The number of hydrogen-bond donors (Lipinski definition) is 0. The van der Waals surface area contributed by atoms with Gasteiger partial charge in [0, 0.05) is 6.07 Å². The highest BCUT2D eigenvalue weighted by Crippen LogP contribution is 2.28. The van der Waals surface area contributed by atoms with Gasteiger partial charge >= 0.3 is 17.8 Å². The van der Waals surface area contributed by atoms with Gasteiger partial charge in [-0.1, -0.05) is 0 Å². The first-order chi connectivity index (χ1) is 13.6. The van der Waals surface area contributed by atoms with Crippen molar-refractivity contribution in [1.29, 1.82) is 0 Å². The summed E-state index contributed by atoms with van der Waals surface area (Å²) in [6, 6.07) is 5.94. The van der Waals surface area contributed by atoms with Gasteiger partial charge in [-0.3, -0.25) is 14.9 Å². The number of furan rings is 1. The Morgan fingerprint density at radius 2 is 2.00 bits per heavy atom. The molecule has 0 spiro atoms. The number of alkyl halides is 3. The van der Waals surface area contributed by atoms with E-state index in [9.17, 15) is 32.9 Å². The summed E-state index contributed by atoms with van der Waals surface area (Å²) >= 11 is 0. The smallest absolute Gasteiger partial charge is 0.406 e. The highest BCUT2D eigenvalue weighted by atomic mass is 19.4. The van der Waals surface area contributed by atoms with E-state index < -0.39 is 48.4 Å². The van der Waals surface area contributed by atoms with E-state index in [1.165, 1.54) is 18.4 Å². The van der Waals surface area contributed by atoms with E-state index in [4.69, 9.17) is 9.15 Å². The molecule has 12 heteroatoms. The van der Waals surface area contributed by atoms with Crippen LogP contribution < -0.4 is 4.74 Å². The first-order valence-electron chi connectivity index (χ1n) is 7.97. The minimum Gasteiger partial charge on any atom is -0.477 e. The lowest BCUT2D eigenvalue weighted by Crippen LogP contribution is -2.40. The summed E-state index contributed by atoms with van der Waals surface area (Å²) in [5.74, 6) is -2.16. The zero-order chi connectivity index (χ0) is 21.6. The van der Waals surface area contributed by atoms with Crippen LogP contribution in [0, 0.1) is 10.1 Å². The zero-order valence-electron chi connectivity index (χ0n) is 15.0. The van der Waals surface area contributed by atoms with Crippen LogP contribution in [0.4, 0.5) is 18.9 Å². The normalized spacial score (nSPS) is 11.0. The van der Waals surface area contributed by atoms with E-state index >= 15 is 0 Å². The predicted octanol–water partition coefficient (Wildman–Crippen LogP) is 2.94. The van der Waals surface area contributed by atoms with Gasteiger partial charge in [-0.25, -0.2) is 4.79 Å². The number of carbonyl (C=O) groups excluding carboxylic acids is 2. The van der Waals surface area contributed by atoms with Crippen LogP contribution in [0.25, 0.3) is 0 Å². The Labute approximate surface area is 161 Å². The summed E-state index contributed by atoms with van der Waals surface area (Å²) < 4.78 is 52.8. The number of amides is 1. The van der Waals surface area contributed by atoms with Gasteiger partial charge in [0.05, 0.1) is 30.4 Å². The van der Waals surface area contributed by atoms with E-state index in [1.807, 2.05) is 0 Å². The number of nitrogens with zero attached hydrogens (tertiary/aromatic N) is 2. The highest BCUT2D eigenvalue weighted by Gasteiger charge is 2.34. The first-order valence-corrected chi connectivity index (χ1v) is 7.97. The Balaban J connectivity index is 2.15. The topological polar surface area (TPSA) is 112 Å². The third-order valence-electron chi connectivity index (χ3n) is 3.58.